The molecule has 0 aliphatic heterocycles. The summed E-state index contributed by atoms with van der Waals surface area (Å²) in [5.41, 5.74) is 3.71. The fourth-order valence-electron chi connectivity index (χ4n) is 1.35. The first-order valence-electron chi connectivity index (χ1n) is 6.67. The van der Waals surface area contributed by atoms with Crippen molar-refractivity contribution in [3.05, 3.63) is 42.5 Å². The molecule has 0 amide bonds. The van der Waals surface area contributed by atoms with E-state index in [2.05, 4.69) is 29.3 Å². The van der Waals surface area contributed by atoms with Gasteiger partial charge in [0.2, 0.25) is 0 Å². The maximum atomic E-state index is 5.59. The molecule has 1 rings (SSSR count). The van der Waals surface area contributed by atoms with E-state index in [0.717, 1.165) is 30.8 Å². The van der Waals surface area contributed by atoms with Gasteiger partial charge >= 0.3 is 0 Å². The van der Waals surface area contributed by atoms with Gasteiger partial charge in [0.1, 0.15) is 5.75 Å². The van der Waals surface area contributed by atoms with Crippen LogP contribution in [0.3, 0.4) is 0 Å². The first-order valence-corrected chi connectivity index (χ1v) is 7.07. The van der Waals surface area contributed by atoms with E-state index in [4.69, 9.17) is 17.0 Å². The molecule has 2 N–H and O–H groups in total. The van der Waals surface area contributed by atoms with Crippen LogP contribution in [0.4, 0.5) is 0 Å². The van der Waals surface area contributed by atoms with Crippen LogP contribution in [-0.4, -0.2) is 24.5 Å². The van der Waals surface area contributed by atoms with Crippen LogP contribution in [-0.2, 0) is 0 Å². The van der Waals surface area contributed by atoms with Gasteiger partial charge in [-0.1, -0.05) is 19.4 Å². The summed E-state index contributed by atoms with van der Waals surface area (Å²) in [5.74, 6) is 0.881. The molecule has 0 heterocycles. The number of hydrazone groups is 1. The van der Waals surface area contributed by atoms with Crippen molar-refractivity contribution in [1.82, 2.24) is 10.7 Å². The summed E-state index contributed by atoms with van der Waals surface area (Å²) in [6.45, 7) is 7.11. The molecule has 0 fully saturated rings. The van der Waals surface area contributed by atoms with Gasteiger partial charge in [0.25, 0.3) is 0 Å². The third-order valence-corrected chi connectivity index (χ3v) is 2.67. The maximum absolute atomic E-state index is 5.59. The largest absolute Gasteiger partial charge is 0.494 e. The third-order valence-electron chi connectivity index (χ3n) is 2.43. The maximum Gasteiger partial charge on any atom is 0.187 e. The van der Waals surface area contributed by atoms with E-state index < -0.39 is 0 Å². The number of unbranched alkanes of at least 4 members (excludes halogenated alkanes) is 1. The molecule has 0 atom stereocenters. The minimum Gasteiger partial charge on any atom is -0.494 e. The second-order valence-electron chi connectivity index (χ2n) is 4.14. The Bertz CT molecular complexity index is 443. The molecule has 0 unspecified atom stereocenters. The molecule has 4 nitrogen and oxygen atoms in total. The van der Waals surface area contributed by atoms with Crippen molar-refractivity contribution >= 4 is 23.5 Å². The Labute approximate surface area is 125 Å². The zero-order valence-electron chi connectivity index (χ0n) is 11.8. The Morgan fingerprint density at radius 2 is 2.15 bits per heavy atom. The van der Waals surface area contributed by atoms with Crippen molar-refractivity contribution in [3.63, 3.8) is 0 Å². The quantitative estimate of drug-likeness (QED) is 0.254. The Morgan fingerprint density at radius 3 is 2.80 bits per heavy atom. The molecule has 0 bridgehead atoms. The molecule has 0 saturated heterocycles. The zero-order chi connectivity index (χ0) is 14.6. The Balaban J connectivity index is 2.36. The third kappa shape index (κ3) is 6.89. The highest BCUT2D eigenvalue weighted by Crippen LogP contribution is 2.11. The van der Waals surface area contributed by atoms with E-state index in [1.807, 2.05) is 24.3 Å². The second-order valence-corrected chi connectivity index (χ2v) is 4.55. The van der Waals surface area contributed by atoms with Crippen molar-refractivity contribution in [2.45, 2.75) is 19.8 Å². The number of hydrogen-bond donors (Lipinski definition) is 2. The van der Waals surface area contributed by atoms with Crippen molar-refractivity contribution in [1.29, 1.82) is 0 Å². The Kier molecular flexibility index (Phi) is 8.07. The first-order chi connectivity index (χ1) is 9.76. The van der Waals surface area contributed by atoms with E-state index in [9.17, 15) is 0 Å². The minimum absolute atomic E-state index is 0.473. The SMILES string of the molecule is C=CCNC(=S)NN=Cc1ccc(OCCCC)cc1. The molecule has 1 aromatic carbocycles. The molecule has 108 valence electrons. The van der Waals surface area contributed by atoms with E-state index >= 15 is 0 Å². The van der Waals surface area contributed by atoms with Crippen molar-refractivity contribution < 1.29 is 4.74 Å². The van der Waals surface area contributed by atoms with E-state index in [0.29, 0.717) is 11.7 Å². The Morgan fingerprint density at radius 1 is 1.40 bits per heavy atom. The van der Waals surface area contributed by atoms with Gasteiger partial charge < -0.3 is 10.1 Å². The normalized spacial score (nSPS) is 10.2. The topological polar surface area (TPSA) is 45.7 Å². The summed E-state index contributed by atoms with van der Waals surface area (Å²) in [7, 11) is 0. The lowest BCUT2D eigenvalue weighted by Crippen LogP contribution is -2.31. The minimum atomic E-state index is 0.473. The Hall–Kier alpha value is -1.88. The van der Waals surface area contributed by atoms with Crippen LogP contribution >= 0.6 is 12.2 Å². The van der Waals surface area contributed by atoms with Gasteiger partial charge in [-0.15, -0.1) is 6.58 Å². The molecule has 0 saturated carbocycles. The van der Waals surface area contributed by atoms with E-state index in [1.54, 1.807) is 12.3 Å². The lowest BCUT2D eigenvalue weighted by atomic mass is 10.2. The average Bonchev–Trinajstić information content (AvgIpc) is 2.47. The molecule has 1 aromatic rings. The van der Waals surface area contributed by atoms with E-state index in [1.165, 1.54) is 0 Å². The number of benzene rings is 1. The highest BCUT2D eigenvalue weighted by Gasteiger charge is 1.94. The molecule has 5 heteroatoms. The molecule has 0 radical (unpaired) electrons. The standard InChI is InChI=1S/C15H21N3OS/c1-3-5-11-19-14-8-6-13(7-9-14)12-17-18-15(20)16-10-4-2/h4,6-9,12H,2-3,5,10-11H2,1H3,(H2,16,18,20). The van der Waals surface area contributed by atoms with Crippen LogP contribution < -0.4 is 15.5 Å². The van der Waals surface area contributed by atoms with Gasteiger partial charge in [0, 0.05) is 6.54 Å². The van der Waals surface area contributed by atoms with Crippen LogP contribution in [0.1, 0.15) is 25.3 Å². The summed E-state index contributed by atoms with van der Waals surface area (Å²) in [4.78, 5) is 0. The van der Waals surface area contributed by atoms with Gasteiger partial charge in [-0.05, 0) is 48.5 Å². The predicted molar refractivity (Wildman–Crippen MR) is 88.4 cm³/mol. The fourth-order valence-corrected chi connectivity index (χ4v) is 1.49. The summed E-state index contributed by atoms with van der Waals surface area (Å²) < 4.78 is 5.59. The number of nitrogens with one attached hydrogen (secondary N) is 2. The number of hydrogen-bond acceptors (Lipinski definition) is 3. The number of thiocarbonyl (C=S) groups is 1. The van der Waals surface area contributed by atoms with Crippen molar-refractivity contribution in [3.8, 4) is 5.75 Å². The first kappa shape index (κ1) is 16.2. The lowest BCUT2D eigenvalue weighted by Gasteiger charge is -2.05. The van der Waals surface area contributed by atoms with Gasteiger partial charge in [-0.25, -0.2) is 0 Å². The molecule has 0 aliphatic rings. The number of rotatable bonds is 8. The molecular weight excluding hydrogens is 270 g/mol. The van der Waals surface area contributed by atoms with Gasteiger partial charge in [0.05, 0.1) is 12.8 Å². The number of nitrogens with zero attached hydrogens (tertiary/aromatic N) is 1. The van der Waals surface area contributed by atoms with Crippen molar-refractivity contribution in [2.75, 3.05) is 13.2 Å². The molecule has 20 heavy (non-hydrogen) atoms. The fraction of sp³-hybridized carbons (Fsp3) is 0.333. The number of ether oxygens (including phenoxy) is 1. The summed E-state index contributed by atoms with van der Waals surface area (Å²) in [6, 6.07) is 7.77. The smallest absolute Gasteiger partial charge is 0.187 e. The monoisotopic (exact) mass is 291 g/mol. The average molecular weight is 291 g/mol. The van der Waals surface area contributed by atoms with Crippen molar-refractivity contribution in [2.24, 2.45) is 5.10 Å². The molecule has 0 spiro atoms. The van der Waals surface area contributed by atoms with Crippen LogP contribution in [0.25, 0.3) is 0 Å². The highest BCUT2D eigenvalue weighted by atomic mass is 32.1. The lowest BCUT2D eigenvalue weighted by molar-refractivity contribution is 0.309. The summed E-state index contributed by atoms with van der Waals surface area (Å²) in [6.07, 6.45) is 5.64. The summed E-state index contributed by atoms with van der Waals surface area (Å²) in [5, 5.41) is 7.44. The van der Waals surface area contributed by atoms with E-state index in [-0.39, 0.29) is 0 Å². The van der Waals surface area contributed by atoms with Gasteiger partial charge in [-0.3, -0.25) is 5.43 Å². The molecule has 0 aromatic heterocycles. The van der Waals surface area contributed by atoms with Crippen LogP contribution in [0.5, 0.6) is 5.75 Å². The molecule has 0 aliphatic carbocycles. The van der Waals surface area contributed by atoms with Crippen LogP contribution in [0, 0.1) is 0 Å². The van der Waals surface area contributed by atoms with Crippen LogP contribution in [0.15, 0.2) is 42.0 Å². The molecular formula is C15H21N3OS. The van der Waals surface area contributed by atoms with Gasteiger partial charge in [-0.2, -0.15) is 5.10 Å². The zero-order valence-corrected chi connectivity index (χ0v) is 12.6. The second kappa shape index (κ2) is 9.97. The highest BCUT2D eigenvalue weighted by molar-refractivity contribution is 7.80. The van der Waals surface area contributed by atoms with Gasteiger partial charge in [0.15, 0.2) is 5.11 Å². The summed E-state index contributed by atoms with van der Waals surface area (Å²) >= 11 is 5.01. The van der Waals surface area contributed by atoms with Crippen LogP contribution in [0.2, 0.25) is 0 Å². The predicted octanol–water partition coefficient (Wildman–Crippen LogP) is 2.85.